The largest absolute Gasteiger partial charge is 0.355 e. The lowest BCUT2D eigenvalue weighted by Crippen LogP contribution is -2.37. The van der Waals surface area contributed by atoms with Gasteiger partial charge in [-0.3, -0.25) is 4.79 Å². The smallest absolute Gasteiger partial charge is 0.223 e. The number of carbonyl (C=O) groups is 1. The van der Waals surface area contributed by atoms with Gasteiger partial charge in [0.25, 0.3) is 0 Å². The molecule has 1 saturated carbocycles. The van der Waals surface area contributed by atoms with Crippen LogP contribution in [0.1, 0.15) is 52.4 Å². The lowest BCUT2D eigenvalue weighted by Gasteiger charge is -2.18. The highest BCUT2D eigenvalue weighted by molar-refractivity contribution is 5.78. The highest BCUT2D eigenvalue weighted by Crippen LogP contribution is 2.43. The first-order valence-corrected chi connectivity index (χ1v) is 6.65. The zero-order chi connectivity index (χ0) is 12.0. The van der Waals surface area contributed by atoms with Crippen LogP contribution in [-0.4, -0.2) is 19.0 Å². The van der Waals surface area contributed by atoms with Crippen molar-refractivity contribution in [1.82, 2.24) is 5.32 Å². The molecule has 1 aliphatic rings. The van der Waals surface area contributed by atoms with Crippen LogP contribution in [0, 0.1) is 11.3 Å². The fourth-order valence-electron chi connectivity index (χ4n) is 2.15. The fraction of sp³-hybridized carbons (Fsp3) is 0.923. The molecule has 1 fully saturated rings. The van der Waals surface area contributed by atoms with Crippen LogP contribution in [-0.2, 0) is 4.79 Å². The van der Waals surface area contributed by atoms with Crippen molar-refractivity contribution in [3.63, 3.8) is 0 Å². The maximum Gasteiger partial charge on any atom is 0.223 e. The minimum Gasteiger partial charge on any atom is -0.355 e. The van der Waals surface area contributed by atoms with E-state index in [4.69, 9.17) is 5.73 Å². The van der Waals surface area contributed by atoms with E-state index in [-0.39, 0.29) is 17.2 Å². The second kappa shape index (κ2) is 6.24. The Morgan fingerprint density at radius 2 is 1.88 bits per heavy atom. The van der Waals surface area contributed by atoms with Gasteiger partial charge in [0.1, 0.15) is 0 Å². The van der Waals surface area contributed by atoms with Crippen molar-refractivity contribution in [1.29, 1.82) is 0 Å². The Kier molecular flexibility index (Phi) is 5.26. The Hall–Kier alpha value is -0.570. The molecule has 0 aromatic carbocycles. The first-order chi connectivity index (χ1) is 7.67. The molecular weight excluding hydrogens is 200 g/mol. The molecule has 94 valence electrons. The zero-order valence-corrected chi connectivity index (χ0v) is 10.7. The van der Waals surface area contributed by atoms with E-state index in [1.807, 2.05) is 0 Å². The molecule has 0 heterocycles. The minimum atomic E-state index is 0.212. The Morgan fingerprint density at radius 1 is 1.31 bits per heavy atom. The van der Waals surface area contributed by atoms with Gasteiger partial charge in [0.05, 0.1) is 0 Å². The third kappa shape index (κ3) is 3.78. The molecule has 1 amide bonds. The van der Waals surface area contributed by atoms with Gasteiger partial charge in [0.15, 0.2) is 0 Å². The summed E-state index contributed by atoms with van der Waals surface area (Å²) in [7, 11) is 0. The summed E-state index contributed by atoms with van der Waals surface area (Å²) in [6.07, 6.45) is 6.54. The molecule has 0 spiro atoms. The molecule has 0 aromatic rings. The van der Waals surface area contributed by atoms with Gasteiger partial charge in [-0.15, -0.1) is 0 Å². The summed E-state index contributed by atoms with van der Waals surface area (Å²) in [6, 6.07) is 0. The van der Waals surface area contributed by atoms with Gasteiger partial charge in [0, 0.05) is 12.5 Å². The number of amides is 1. The second-order valence-electron chi connectivity index (χ2n) is 5.20. The predicted molar refractivity (Wildman–Crippen MR) is 67.0 cm³/mol. The summed E-state index contributed by atoms with van der Waals surface area (Å²) in [4.78, 5) is 12.0. The van der Waals surface area contributed by atoms with Crippen LogP contribution in [0.2, 0.25) is 0 Å². The normalized spacial score (nSPS) is 17.5. The van der Waals surface area contributed by atoms with Gasteiger partial charge >= 0.3 is 0 Å². The average molecular weight is 226 g/mol. The Labute approximate surface area is 99.2 Å². The van der Waals surface area contributed by atoms with E-state index in [1.165, 1.54) is 12.8 Å². The maximum atomic E-state index is 12.0. The van der Waals surface area contributed by atoms with Crippen LogP contribution in [0.3, 0.4) is 0 Å². The summed E-state index contributed by atoms with van der Waals surface area (Å²) in [5.74, 6) is 0.451. The summed E-state index contributed by atoms with van der Waals surface area (Å²) < 4.78 is 0. The SMILES string of the molecule is CCCC(CCC)C(=O)NCC1(CN)CC1. The highest BCUT2D eigenvalue weighted by Gasteiger charge is 2.41. The van der Waals surface area contributed by atoms with E-state index in [0.29, 0.717) is 6.54 Å². The molecular formula is C13H26N2O. The summed E-state index contributed by atoms with van der Waals surface area (Å²) >= 11 is 0. The standard InChI is InChI=1S/C13H26N2O/c1-3-5-11(6-4-2)12(16)15-10-13(9-14)7-8-13/h11H,3-10,14H2,1-2H3,(H,15,16). The van der Waals surface area contributed by atoms with Crippen LogP contribution in [0.15, 0.2) is 0 Å². The topological polar surface area (TPSA) is 55.1 Å². The average Bonchev–Trinajstić information content (AvgIpc) is 3.06. The zero-order valence-electron chi connectivity index (χ0n) is 10.7. The van der Waals surface area contributed by atoms with Crippen molar-refractivity contribution in [2.75, 3.05) is 13.1 Å². The first-order valence-electron chi connectivity index (χ1n) is 6.65. The number of nitrogens with one attached hydrogen (secondary N) is 1. The molecule has 3 N–H and O–H groups in total. The third-order valence-corrected chi connectivity index (χ3v) is 3.67. The molecule has 0 unspecified atom stereocenters. The molecule has 3 heteroatoms. The third-order valence-electron chi connectivity index (χ3n) is 3.67. The summed E-state index contributed by atoms with van der Waals surface area (Å²) in [6.45, 7) is 5.77. The molecule has 0 radical (unpaired) electrons. The molecule has 3 nitrogen and oxygen atoms in total. The van der Waals surface area contributed by atoms with E-state index in [0.717, 1.165) is 32.2 Å². The van der Waals surface area contributed by atoms with Crippen LogP contribution >= 0.6 is 0 Å². The Balaban J connectivity index is 2.30. The summed E-state index contributed by atoms with van der Waals surface area (Å²) in [5.41, 5.74) is 5.95. The number of carbonyl (C=O) groups excluding carboxylic acids is 1. The number of nitrogens with two attached hydrogens (primary N) is 1. The second-order valence-corrected chi connectivity index (χ2v) is 5.20. The van der Waals surface area contributed by atoms with Crippen molar-refractivity contribution >= 4 is 5.91 Å². The van der Waals surface area contributed by atoms with Crippen LogP contribution < -0.4 is 11.1 Å². The lowest BCUT2D eigenvalue weighted by molar-refractivity contribution is -0.125. The van der Waals surface area contributed by atoms with E-state index in [2.05, 4.69) is 19.2 Å². The maximum absolute atomic E-state index is 12.0. The number of hydrogen-bond donors (Lipinski definition) is 2. The number of rotatable bonds is 8. The van der Waals surface area contributed by atoms with Crippen molar-refractivity contribution in [2.45, 2.75) is 52.4 Å². The molecule has 0 atom stereocenters. The van der Waals surface area contributed by atoms with Crippen molar-refractivity contribution < 1.29 is 4.79 Å². The van der Waals surface area contributed by atoms with Gasteiger partial charge in [-0.25, -0.2) is 0 Å². The van der Waals surface area contributed by atoms with Crippen molar-refractivity contribution in [2.24, 2.45) is 17.1 Å². The number of hydrogen-bond acceptors (Lipinski definition) is 2. The molecule has 1 rings (SSSR count). The van der Waals surface area contributed by atoms with Gasteiger partial charge in [-0.2, -0.15) is 0 Å². The molecule has 1 aliphatic carbocycles. The van der Waals surface area contributed by atoms with Gasteiger partial charge in [-0.05, 0) is 37.6 Å². The van der Waals surface area contributed by atoms with Crippen LogP contribution in [0.5, 0.6) is 0 Å². The Morgan fingerprint density at radius 3 is 2.25 bits per heavy atom. The molecule has 0 aliphatic heterocycles. The Bertz CT molecular complexity index is 218. The predicted octanol–water partition coefficient (Wildman–Crippen LogP) is 2.06. The van der Waals surface area contributed by atoms with E-state index < -0.39 is 0 Å². The molecule has 0 saturated heterocycles. The van der Waals surface area contributed by atoms with E-state index >= 15 is 0 Å². The minimum absolute atomic E-state index is 0.212. The monoisotopic (exact) mass is 226 g/mol. The van der Waals surface area contributed by atoms with Gasteiger partial charge in [-0.1, -0.05) is 26.7 Å². The lowest BCUT2D eigenvalue weighted by atomic mass is 9.97. The van der Waals surface area contributed by atoms with Crippen LogP contribution in [0.25, 0.3) is 0 Å². The molecule has 16 heavy (non-hydrogen) atoms. The van der Waals surface area contributed by atoms with Crippen molar-refractivity contribution in [3.05, 3.63) is 0 Å². The molecule has 0 bridgehead atoms. The molecule has 0 aromatic heterocycles. The summed E-state index contributed by atoms with van der Waals surface area (Å²) in [5, 5.41) is 3.09. The van der Waals surface area contributed by atoms with E-state index in [1.54, 1.807) is 0 Å². The van der Waals surface area contributed by atoms with Gasteiger partial charge in [0.2, 0.25) is 5.91 Å². The van der Waals surface area contributed by atoms with E-state index in [9.17, 15) is 4.79 Å². The van der Waals surface area contributed by atoms with Gasteiger partial charge < -0.3 is 11.1 Å². The van der Waals surface area contributed by atoms with Crippen molar-refractivity contribution in [3.8, 4) is 0 Å². The van der Waals surface area contributed by atoms with Crippen LogP contribution in [0.4, 0.5) is 0 Å². The fourth-order valence-corrected chi connectivity index (χ4v) is 2.15. The first kappa shape index (κ1) is 13.5. The quantitative estimate of drug-likeness (QED) is 0.665. The highest BCUT2D eigenvalue weighted by atomic mass is 16.1.